The van der Waals surface area contributed by atoms with Gasteiger partial charge in [-0.15, -0.1) is 0 Å². The number of carbonyl (C=O) groups is 2. The second kappa shape index (κ2) is 8.21. The molecule has 3 aromatic heterocycles. The number of aromatic nitrogens is 5. The molecule has 150 valence electrons. The van der Waals surface area contributed by atoms with Gasteiger partial charge in [-0.3, -0.25) is 4.79 Å². The van der Waals surface area contributed by atoms with Crippen LogP contribution in [-0.4, -0.2) is 74.1 Å². The van der Waals surface area contributed by atoms with E-state index in [4.69, 9.17) is 4.74 Å². The average molecular weight is 395 g/mol. The van der Waals surface area contributed by atoms with Crippen LogP contribution >= 0.6 is 0 Å². The number of hydrogen-bond donors (Lipinski definition) is 0. The Balaban J connectivity index is 1.34. The molecule has 4 rings (SSSR count). The first-order valence-corrected chi connectivity index (χ1v) is 9.46. The van der Waals surface area contributed by atoms with Gasteiger partial charge in [-0.05, 0) is 18.6 Å². The van der Waals surface area contributed by atoms with Gasteiger partial charge in [-0.25, -0.2) is 19.3 Å². The summed E-state index contributed by atoms with van der Waals surface area (Å²) in [5.41, 5.74) is 0.937. The van der Waals surface area contributed by atoms with E-state index in [9.17, 15) is 9.59 Å². The summed E-state index contributed by atoms with van der Waals surface area (Å²) < 4.78 is 6.77. The summed E-state index contributed by atoms with van der Waals surface area (Å²) in [4.78, 5) is 41.3. The minimum absolute atomic E-state index is 0.216. The molecule has 0 saturated carbocycles. The van der Waals surface area contributed by atoms with Crippen molar-refractivity contribution < 1.29 is 14.3 Å². The summed E-state index contributed by atoms with van der Waals surface area (Å²) >= 11 is 0. The third-order valence-corrected chi connectivity index (χ3v) is 4.89. The fourth-order valence-electron chi connectivity index (χ4n) is 3.36. The molecule has 0 spiro atoms. The number of piperazine rings is 1. The Kier molecular flexibility index (Phi) is 5.32. The van der Waals surface area contributed by atoms with E-state index in [-0.39, 0.29) is 12.5 Å². The van der Waals surface area contributed by atoms with Gasteiger partial charge in [0.1, 0.15) is 12.1 Å². The number of amides is 1. The largest absolute Gasteiger partial charge is 0.452 e. The molecule has 29 heavy (non-hydrogen) atoms. The maximum Gasteiger partial charge on any atom is 0.342 e. The Hall–Kier alpha value is -3.56. The van der Waals surface area contributed by atoms with E-state index in [1.807, 2.05) is 25.1 Å². The second-order valence-corrected chi connectivity index (χ2v) is 6.58. The van der Waals surface area contributed by atoms with Gasteiger partial charge in [0.2, 0.25) is 0 Å². The minimum Gasteiger partial charge on any atom is -0.452 e. The first kappa shape index (κ1) is 18.8. The molecule has 1 saturated heterocycles. The summed E-state index contributed by atoms with van der Waals surface area (Å²) in [6.07, 6.45) is 5.10. The number of pyridine rings is 1. The maximum absolute atomic E-state index is 12.5. The Morgan fingerprint density at radius 2 is 1.93 bits per heavy atom. The standard InChI is InChI=1S/C19H21N7O3/c1-2-15-14(11-21-19-22-13-23-26(15)19)18(28)29-12-17(27)25-9-7-24(8-10-25)16-5-3-4-6-20-16/h3-6,11,13H,2,7-10,12H2,1H3. The first-order valence-electron chi connectivity index (χ1n) is 9.46. The fourth-order valence-corrected chi connectivity index (χ4v) is 3.36. The lowest BCUT2D eigenvalue weighted by Crippen LogP contribution is -2.50. The average Bonchev–Trinajstić information content (AvgIpc) is 3.26. The minimum atomic E-state index is -0.591. The van der Waals surface area contributed by atoms with Crippen LogP contribution in [0.15, 0.2) is 36.9 Å². The second-order valence-electron chi connectivity index (χ2n) is 6.58. The van der Waals surface area contributed by atoms with Crippen LogP contribution in [0.5, 0.6) is 0 Å². The molecule has 1 fully saturated rings. The fraction of sp³-hybridized carbons (Fsp3) is 0.368. The van der Waals surface area contributed by atoms with Crippen LogP contribution in [0.25, 0.3) is 5.78 Å². The van der Waals surface area contributed by atoms with E-state index < -0.39 is 5.97 Å². The predicted molar refractivity (Wildman–Crippen MR) is 103 cm³/mol. The monoisotopic (exact) mass is 395 g/mol. The zero-order valence-corrected chi connectivity index (χ0v) is 16.1. The van der Waals surface area contributed by atoms with Crippen molar-refractivity contribution in [2.24, 2.45) is 0 Å². The van der Waals surface area contributed by atoms with Gasteiger partial charge in [0.25, 0.3) is 11.7 Å². The molecule has 3 aromatic rings. The van der Waals surface area contributed by atoms with Crippen LogP contribution in [0.3, 0.4) is 0 Å². The summed E-state index contributed by atoms with van der Waals surface area (Å²) in [6.45, 7) is 4.08. The Morgan fingerprint density at radius 3 is 2.66 bits per heavy atom. The number of ether oxygens (including phenoxy) is 1. The van der Waals surface area contributed by atoms with Crippen molar-refractivity contribution in [1.29, 1.82) is 0 Å². The molecule has 10 heteroatoms. The van der Waals surface area contributed by atoms with Crippen LogP contribution in [0, 0.1) is 0 Å². The number of rotatable bonds is 5. The molecular weight excluding hydrogens is 374 g/mol. The van der Waals surface area contributed by atoms with Crippen LogP contribution < -0.4 is 4.90 Å². The molecular formula is C19H21N7O3. The Labute approximate surface area is 167 Å². The lowest BCUT2D eigenvalue weighted by Gasteiger charge is -2.35. The first-order chi connectivity index (χ1) is 14.2. The van der Waals surface area contributed by atoms with Crippen molar-refractivity contribution in [3.8, 4) is 0 Å². The number of anilines is 1. The van der Waals surface area contributed by atoms with E-state index >= 15 is 0 Å². The molecule has 10 nitrogen and oxygen atoms in total. The van der Waals surface area contributed by atoms with Crippen molar-refractivity contribution in [3.05, 3.63) is 48.2 Å². The Bertz CT molecular complexity index is 1010. The molecule has 1 aliphatic heterocycles. The summed E-state index contributed by atoms with van der Waals surface area (Å²) in [5, 5.41) is 4.08. The number of esters is 1. The van der Waals surface area contributed by atoms with Gasteiger partial charge in [0.05, 0.1) is 11.3 Å². The molecule has 0 unspecified atom stereocenters. The molecule has 0 radical (unpaired) electrons. The number of carbonyl (C=O) groups excluding carboxylic acids is 2. The topological polar surface area (TPSA) is 106 Å². The van der Waals surface area contributed by atoms with Gasteiger partial charge in [0, 0.05) is 38.6 Å². The van der Waals surface area contributed by atoms with Crippen molar-refractivity contribution in [3.63, 3.8) is 0 Å². The molecule has 0 aromatic carbocycles. The lowest BCUT2D eigenvalue weighted by atomic mass is 10.2. The number of hydrogen-bond acceptors (Lipinski definition) is 8. The van der Waals surface area contributed by atoms with E-state index in [0.717, 1.165) is 5.82 Å². The third kappa shape index (κ3) is 3.86. The normalized spacial score (nSPS) is 14.2. The van der Waals surface area contributed by atoms with E-state index in [2.05, 4.69) is 25.0 Å². The lowest BCUT2D eigenvalue weighted by molar-refractivity contribution is -0.134. The highest BCUT2D eigenvalue weighted by Crippen LogP contribution is 2.14. The van der Waals surface area contributed by atoms with Crippen molar-refractivity contribution in [2.75, 3.05) is 37.7 Å². The molecule has 0 aliphatic carbocycles. The number of fused-ring (bicyclic) bond motifs is 1. The van der Waals surface area contributed by atoms with E-state index in [1.165, 1.54) is 17.0 Å². The molecule has 0 bridgehead atoms. The van der Waals surface area contributed by atoms with Gasteiger partial charge >= 0.3 is 5.97 Å². The van der Waals surface area contributed by atoms with Crippen LogP contribution in [-0.2, 0) is 16.0 Å². The van der Waals surface area contributed by atoms with Crippen LogP contribution in [0.4, 0.5) is 5.82 Å². The molecule has 0 N–H and O–H groups in total. The quantitative estimate of drug-likeness (QED) is 0.578. The maximum atomic E-state index is 12.5. The van der Waals surface area contributed by atoms with E-state index in [0.29, 0.717) is 49.6 Å². The predicted octanol–water partition coefficient (Wildman–Crippen LogP) is 0.587. The van der Waals surface area contributed by atoms with E-state index in [1.54, 1.807) is 11.1 Å². The molecule has 1 aliphatic rings. The van der Waals surface area contributed by atoms with Gasteiger partial charge in [-0.2, -0.15) is 10.1 Å². The highest BCUT2D eigenvalue weighted by Gasteiger charge is 2.24. The zero-order valence-electron chi connectivity index (χ0n) is 16.1. The SMILES string of the molecule is CCc1c(C(=O)OCC(=O)N2CCN(c3ccccn3)CC2)cnc2ncnn12. The van der Waals surface area contributed by atoms with Crippen molar-refractivity contribution >= 4 is 23.5 Å². The summed E-state index contributed by atoms with van der Waals surface area (Å²) in [7, 11) is 0. The molecule has 4 heterocycles. The molecule has 0 atom stereocenters. The summed E-state index contributed by atoms with van der Waals surface area (Å²) in [5.74, 6) is 0.508. The van der Waals surface area contributed by atoms with Gasteiger partial charge < -0.3 is 14.5 Å². The van der Waals surface area contributed by atoms with Crippen molar-refractivity contribution in [1.82, 2.24) is 29.5 Å². The third-order valence-electron chi connectivity index (χ3n) is 4.89. The van der Waals surface area contributed by atoms with Crippen molar-refractivity contribution in [2.45, 2.75) is 13.3 Å². The van der Waals surface area contributed by atoms with Gasteiger partial charge in [0.15, 0.2) is 6.61 Å². The molecule has 1 amide bonds. The zero-order chi connectivity index (χ0) is 20.2. The Morgan fingerprint density at radius 1 is 1.10 bits per heavy atom. The van der Waals surface area contributed by atoms with Crippen LogP contribution in [0.1, 0.15) is 23.0 Å². The summed E-state index contributed by atoms with van der Waals surface area (Å²) in [6, 6.07) is 5.76. The smallest absolute Gasteiger partial charge is 0.342 e. The van der Waals surface area contributed by atoms with Gasteiger partial charge in [-0.1, -0.05) is 13.0 Å². The highest BCUT2D eigenvalue weighted by atomic mass is 16.5. The number of aryl methyl sites for hydroxylation is 1. The number of nitrogens with zero attached hydrogens (tertiary/aromatic N) is 7. The highest BCUT2D eigenvalue weighted by molar-refractivity contribution is 5.92. The van der Waals surface area contributed by atoms with Crippen LogP contribution in [0.2, 0.25) is 0 Å².